The molecule has 3 fully saturated rings. The Kier molecular flexibility index (Phi) is 11.7. The summed E-state index contributed by atoms with van der Waals surface area (Å²) in [5.74, 6) is -6.73. The van der Waals surface area contributed by atoms with E-state index in [0.717, 1.165) is 18.7 Å². The molecule has 3 heterocycles. The zero-order valence-corrected chi connectivity index (χ0v) is 35.5. The maximum atomic E-state index is 15.4. The molecule has 7 atom stereocenters. The standard InChI is InChI=1S/C41H55F2N5O10S/c1-23-11-9-10-12-26-21-41(26,36(51)46-59(54,55)39(5)14-15-39)45-33(49)29-19-27(58-34-28-20-31(57-8)30(56-7)18-25(28)13-16-44-34)22-47(29)35(50)32(24(2)17-23)48(37(52)53)38(3,4)40(6,42)43/h10,12-13,16,18,20,23-24,26-27,29,32H,9,11,14-15,17,19,21-22H2,1-8H3,(H,45,49)(H,46,51)(H,52,53)/b12-10-/t23-,24+,26+,27+,29-,32-,41+/m0/s1. The first kappa shape index (κ1) is 43.8. The van der Waals surface area contributed by atoms with Crippen LogP contribution >= 0.6 is 0 Å². The molecule has 6 rings (SSSR count). The van der Waals surface area contributed by atoms with Gasteiger partial charge in [-0.05, 0) is 94.7 Å². The van der Waals surface area contributed by atoms with Crippen molar-refractivity contribution in [2.24, 2.45) is 17.8 Å². The Labute approximate surface area is 343 Å². The number of hydrogen-bond donors (Lipinski definition) is 3. The van der Waals surface area contributed by atoms with E-state index in [4.69, 9.17) is 14.2 Å². The van der Waals surface area contributed by atoms with Crippen molar-refractivity contribution in [1.82, 2.24) is 24.8 Å². The molecule has 2 aromatic rings. The molecule has 2 aliphatic heterocycles. The number of benzene rings is 1. The number of nitrogens with zero attached hydrogens (tertiary/aromatic N) is 3. The van der Waals surface area contributed by atoms with E-state index in [2.05, 4.69) is 15.0 Å². The van der Waals surface area contributed by atoms with Crippen molar-refractivity contribution in [2.45, 2.75) is 126 Å². The zero-order chi connectivity index (χ0) is 43.5. The fourth-order valence-corrected chi connectivity index (χ4v) is 9.70. The van der Waals surface area contributed by atoms with Crippen LogP contribution in [0.3, 0.4) is 0 Å². The molecule has 1 saturated heterocycles. The number of allylic oxidation sites excluding steroid dienone is 1. The summed E-state index contributed by atoms with van der Waals surface area (Å²) < 4.78 is 75.7. The molecule has 15 nitrogen and oxygen atoms in total. The predicted molar refractivity (Wildman–Crippen MR) is 213 cm³/mol. The number of methoxy groups -OCH3 is 2. The van der Waals surface area contributed by atoms with E-state index < -0.39 is 85.6 Å². The monoisotopic (exact) mass is 847 g/mol. The van der Waals surface area contributed by atoms with Crippen molar-refractivity contribution in [3.8, 4) is 17.4 Å². The Morgan fingerprint density at radius 2 is 1.75 bits per heavy atom. The molecule has 0 spiro atoms. The summed E-state index contributed by atoms with van der Waals surface area (Å²) in [6, 6.07) is 2.05. The third-order valence-electron chi connectivity index (χ3n) is 12.9. The van der Waals surface area contributed by atoms with Crippen LogP contribution in [-0.4, -0.2) is 113 Å². The average molecular weight is 848 g/mol. The highest BCUT2D eigenvalue weighted by Gasteiger charge is 2.63. The number of sulfonamides is 1. The number of pyridine rings is 1. The van der Waals surface area contributed by atoms with Gasteiger partial charge in [0.25, 0.3) is 11.8 Å². The Morgan fingerprint density at radius 3 is 2.36 bits per heavy atom. The van der Waals surface area contributed by atoms with Crippen LogP contribution in [0, 0.1) is 17.8 Å². The minimum atomic E-state index is -4.10. The molecule has 4 aliphatic rings. The van der Waals surface area contributed by atoms with Gasteiger partial charge in [0.15, 0.2) is 11.5 Å². The number of carbonyl (C=O) groups is 4. The Morgan fingerprint density at radius 1 is 1.08 bits per heavy atom. The molecule has 3 N–H and O–H groups in total. The summed E-state index contributed by atoms with van der Waals surface area (Å²) in [5, 5.41) is 14.6. The highest BCUT2D eigenvalue weighted by Crippen LogP contribution is 2.48. The van der Waals surface area contributed by atoms with E-state index >= 15 is 13.6 Å². The van der Waals surface area contributed by atoms with Crippen LogP contribution in [0.5, 0.6) is 17.4 Å². The van der Waals surface area contributed by atoms with E-state index in [1.807, 2.05) is 13.0 Å². The summed E-state index contributed by atoms with van der Waals surface area (Å²) >= 11 is 0. The molecule has 324 valence electrons. The quantitative estimate of drug-likeness (QED) is 0.264. The minimum absolute atomic E-state index is 0.0842. The number of halogens is 2. The lowest BCUT2D eigenvalue weighted by Crippen LogP contribution is -2.66. The number of nitrogens with one attached hydrogen (secondary N) is 2. The molecule has 1 aromatic heterocycles. The fraction of sp³-hybridized carbons (Fsp3) is 0.634. The summed E-state index contributed by atoms with van der Waals surface area (Å²) in [6.45, 7) is 7.53. The first-order chi connectivity index (χ1) is 27.5. The van der Waals surface area contributed by atoms with Crippen molar-refractivity contribution < 1.29 is 55.7 Å². The molecule has 18 heteroatoms. The molecule has 0 bridgehead atoms. The zero-order valence-electron chi connectivity index (χ0n) is 34.7. The number of hydrogen-bond acceptors (Lipinski definition) is 10. The maximum Gasteiger partial charge on any atom is 0.408 e. The number of amides is 4. The molecule has 0 radical (unpaired) electrons. The highest BCUT2D eigenvalue weighted by molar-refractivity contribution is 7.91. The van der Waals surface area contributed by atoms with Crippen molar-refractivity contribution >= 4 is 44.6 Å². The second-order valence-electron chi connectivity index (χ2n) is 17.6. The van der Waals surface area contributed by atoms with E-state index in [1.165, 1.54) is 27.3 Å². The SMILES string of the molecule is COc1cc2ccnc(O[C@@H]3C[C@H]4C(=O)N[C@]5(C(=O)NS(=O)(=O)C6(C)CC6)C[C@H]5/C=C\CC[C@H](C)C[C@@H](C)[C@H](N(C(=O)O)C(C)(C)C(C)(F)F)C(=O)N4C3)c2cc1OC. The Bertz CT molecular complexity index is 2140. The van der Waals surface area contributed by atoms with Crippen molar-refractivity contribution in [3.63, 3.8) is 0 Å². The molecular weight excluding hydrogens is 793 g/mol. The highest BCUT2D eigenvalue weighted by atomic mass is 32.2. The van der Waals surface area contributed by atoms with Gasteiger partial charge in [-0.1, -0.05) is 26.0 Å². The van der Waals surface area contributed by atoms with E-state index in [0.29, 0.717) is 59.8 Å². The van der Waals surface area contributed by atoms with E-state index in [9.17, 15) is 27.9 Å². The van der Waals surface area contributed by atoms with Crippen LogP contribution < -0.4 is 24.2 Å². The Hall–Kier alpha value is -4.74. The Balaban J connectivity index is 1.43. The molecule has 2 aliphatic carbocycles. The van der Waals surface area contributed by atoms with Gasteiger partial charge in [-0.3, -0.25) is 24.0 Å². The van der Waals surface area contributed by atoms with Gasteiger partial charge in [0.2, 0.25) is 27.7 Å². The van der Waals surface area contributed by atoms with Crippen LogP contribution in [-0.2, 0) is 24.4 Å². The predicted octanol–water partition coefficient (Wildman–Crippen LogP) is 5.27. The number of carbonyl (C=O) groups excluding carboxylic acids is 3. The van der Waals surface area contributed by atoms with E-state index in [-0.39, 0.29) is 37.6 Å². The average Bonchev–Trinajstić information content (AvgIpc) is 4.03. The number of alkyl halides is 2. The lowest BCUT2D eigenvalue weighted by molar-refractivity contribution is -0.156. The number of aromatic nitrogens is 1. The first-order valence-corrected chi connectivity index (χ1v) is 21.4. The van der Waals surface area contributed by atoms with Gasteiger partial charge in [0.05, 0.1) is 25.5 Å². The van der Waals surface area contributed by atoms with Crippen molar-refractivity contribution in [1.29, 1.82) is 0 Å². The number of carboxylic acid groups (broad SMARTS) is 1. The lowest BCUT2D eigenvalue weighted by Gasteiger charge is -2.47. The third kappa shape index (κ3) is 8.25. The van der Waals surface area contributed by atoms with Crippen molar-refractivity contribution in [3.05, 3.63) is 36.5 Å². The van der Waals surface area contributed by atoms with Gasteiger partial charge in [0.1, 0.15) is 29.3 Å². The second-order valence-corrected chi connectivity index (χ2v) is 19.7. The van der Waals surface area contributed by atoms with Crippen LogP contribution in [0.15, 0.2) is 36.5 Å². The molecule has 4 amide bonds. The second kappa shape index (κ2) is 15.7. The van der Waals surface area contributed by atoms with Crippen LogP contribution in [0.4, 0.5) is 13.6 Å². The molecular formula is C41H55F2N5O10S. The smallest absolute Gasteiger partial charge is 0.408 e. The fourth-order valence-electron chi connectivity index (χ4n) is 8.38. The first-order valence-electron chi connectivity index (χ1n) is 19.9. The summed E-state index contributed by atoms with van der Waals surface area (Å²) in [7, 11) is -1.14. The number of rotatable bonds is 10. The summed E-state index contributed by atoms with van der Waals surface area (Å²) in [4.78, 5) is 63.0. The third-order valence-corrected chi connectivity index (χ3v) is 15.0. The number of fused-ring (bicyclic) bond motifs is 3. The normalized spacial score (nSPS) is 29.2. The molecule has 1 aromatic carbocycles. The van der Waals surface area contributed by atoms with Crippen LogP contribution in [0.25, 0.3) is 10.8 Å². The van der Waals surface area contributed by atoms with Gasteiger partial charge in [-0.25, -0.2) is 27.0 Å². The largest absolute Gasteiger partial charge is 0.493 e. The van der Waals surface area contributed by atoms with Gasteiger partial charge < -0.3 is 29.5 Å². The van der Waals surface area contributed by atoms with Gasteiger partial charge >= 0.3 is 6.09 Å². The minimum Gasteiger partial charge on any atom is -0.493 e. The summed E-state index contributed by atoms with van der Waals surface area (Å²) in [5.41, 5.74) is -4.06. The number of ether oxygens (including phenoxy) is 3. The lowest BCUT2D eigenvalue weighted by atomic mass is 9.84. The molecule has 0 unspecified atom stereocenters. The van der Waals surface area contributed by atoms with Crippen molar-refractivity contribution in [2.75, 3.05) is 20.8 Å². The van der Waals surface area contributed by atoms with Crippen LogP contribution in [0.1, 0.15) is 86.5 Å². The van der Waals surface area contributed by atoms with Gasteiger partial charge in [-0.15, -0.1) is 0 Å². The van der Waals surface area contributed by atoms with E-state index in [1.54, 1.807) is 31.2 Å². The molecule has 59 heavy (non-hydrogen) atoms. The maximum absolute atomic E-state index is 15.4. The van der Waals surface area contributed by atoms with Crippen LogP contribution in [0.2, 0.25) is 0 Å². The topological polar surface area (TPSA) is 194 Å². The summed E-state index contributed by atoms with van der Waals surface area (Å²) in [6.07, 6.45) is 4.48. The molecule has 2 saturated carbocycles. The van der Waals surface area contributed by atoms with Gasteiger partial charge in [0, 0.05) is 30.8 Å². The van der Waals surface area contributed by atoms with Gasteiger partial charge in [-0.2, -0.15) is 0 Å².